The number of benzene rings is 9. The molecule has 0 saturated carbocycles. The lowest BCUT2D eigenvalue weighted by molar-refractivity contribution is 1.18. The van der Waals surface area contributed by atoms with Crippen molar-refractivity contribution in [2.75, 3.05) is 0 Å². The average molecular weight is 738 g/mol. The van der Waals surface area contributed by atoms with Crippen LogP contribution in [0.5, 0.6) is 0 Å². The van der Waals surface area contributed by atoms with Crippen LogP contribution in [0.3, 0.4) is 0 Å². The van der Waals surface area contributed by atoms with Crippen LogP contribution in [0.25, 0.3) is 111 Å². The Hall–Kier alpha value is -7.75. The number of pyridine rings is 1. The first kappa shape index (κ1) is 33.6. The van der Waals surface area contributed by atoms with Gasteiger partial charge in [-0.05, 0) is 79.5 Å². The fourth-order valence-electron chi connectivity index (χ4n) is 8.27. The molecular formula is C55H35N3. The van der Waals surface area contributed by atoms with E-state index in [4.69, 9.17) is 15.0 Å². The molecule has 11 aromatic rings. The summed E-state index contributed by atoms with van der Waals surface area (Å²) in [6.07, 6.45) is 0. The number of hydrogen-bond donors (Lipinski definition) is 0. The summed E-state index contributed by atoms with van der Waals surface area (Å²) in [7, 11) is 0. The molecule has 58 heavy (non-hydrogen) atoms. The predicted molar refractivity (Wildman–Crippen MR) is 242 cm³/mol. The molecule has 270 valence electrons. The molecule has 0 N–H and O–H groups in total. The van der Waals surface area contributed by atoms with Crippen molar-refractivity contribution in [3.8, 4) is 67.4 Å². The Morgan fingerprint density at radius 3 is 1.38 bits per heavy atom. The number of nitrogens with zero attached hydrogens (tertiary/aromatic N) is 3. The van der Waals surface area contributed by atoms with Gasteiger partial charge in [-0.1, -0.05) is 182 Å². The summed E-state index contributed by atoms with van der Waals surface area (Å²) in [6.45, 7) is 0. The molecule has 0 amide bonds. The Kier molecular flexibility index (Phi) is 8.15. The van der Waals surface area contributed by atoms with Crippen LogP contribution < -0.4 is 0 Å². The smallest absolute Gasteiger partial charge is 0.160 e. The summed E-state index contributed by atoms with van der Waals surface area (Å²) < 4.78 is 0. The van der Waals surface area contributed by atoms with Gasteiger partial charge >= 0.3 is 0 Å². The third-order valence-electron chi connectivity index (χ3n) is 11.2. The van der Waals surface area contributed by atoms with E-state index in [-0.39, 0.29) is 0 Å². The predicted octanol–water partition coefficient (Wildman–Crippen LogP) is 14.5. The van der Waals surface area contributed by atoms with Gasteiger partial charge in [-0.25, -0.2) is 15.0 Å². The molecule has 0 aliphatic rings. The van der Waals surface area contributed by atoms with Crippen LogP contribution in [0, 0.1) is 0 Å². The van der Waals surface area contributed by atoms with Gasteiger partial charge in [0.25, 0.3) is 0 Å². The fourth-order valence-corrected chi connectivity index (χ4v) is 8.27. The van der Waals surface area contributed by atoms with Gasteiger partial charge in [0.2, 0.25) is 0 Å². The quantitative estimate of drug-likeness (QED) is 0.160. The molecule has 0 radical (unpaired) electrons. The highest BCUT2D eigenvalue weighted by atomic mass is 14.9. The maximum atomic E-state index is 5.48. The summed E-state index contributed by atoms with van der Waals surface area (Å²) in [6, 6.07) is 75.3. The molecule has 0 spiro atoms. The van der Waals surface area contributed by atoms with Gasteiger partial charge < -0.3 is 0 Å². The monoisotopic (exact) mass is 737 g/mol. The van der Waals surface area contributed by atoms with Gasteiger partial charge in [-0.2, -0.15) is 0 Å². The van der Waals surface area contributed by atoms with E-state index in [0.717, 1.165) is 66.8 Å². The Labute approximate surface area is 336 Å². The minimum absolute atomic E-state index is 0.703. The highest BCUT2D eigenvalue weighted by Crippen LogP contribution is 2.41. The highest BCUT2D eigenvalue weighted by Gasteiger charge is 2.17. The molecule has 0 saturated heterocycles. The van der Waals surface area contributed by atoms with Crippen LogP contribution in [-0.4, -0.2) is 15.0 Å². The van der Waals surface area contributed by atoms with Crippen LogP contribution in [0.4, 0.5) is 0 Å². The van der Waals surface area contributed by atoms with Crippen molar-refractivity contribution in [3.05, 3.63) is 212 Å². The number of hydrogen-bond acceptors (Lipinski definition) is 3. The van der Waals surface area contributed by atoms with Crippen LogP contribution in [0.2, 0.25) is 0 Å². The zero-order valence-electron chi connectivity index (χ0n) is 31.5. The summed E-state index contributed by atoms with van der Waals surface area (Å²) in [5, 5.41) is 8.28. The summed E-state index contributed by atoms with van der Waals surface area (Å²) >= 11 is 0. The first-order valence-electron chi connectivity index (χ1n) is 19.7. The lowest BCUT2D eigenvalue weighted by Crippen LogP contribution is -1.96. The second-order valence-corrected chi connectivity index (χ2v) is 14.8. The second kappa shape index (κ2) is 14.1. The van der Waals surface area contributed by atoms with Crippen molar-refractivity contribution < 1.29 is 0 Å². The molecule has 9 aromatic carbocycles. The van der Waals surface area contributed by atoms with Gasteiger partial charge in [0.15, 0.2) is 5.82 Å². The Morgan fingerprint density at radius 2 is 0.707 bits per heavy atom. The minimum atomic E-state index is 0.703. The van der Waals surface area contributed by atoms with Crippen molar-refractivity contribution in [3.63, 3.8) is 0 Å². The Bertz CT molecular complexity index is 3260. The van der Waals surface area contributed by atoms with E-state index >= 15 is 0 Å². The normalized spacial score (nSPS) is 11.4. The van der Waals surface area contributed by atoms with Crippen molar-refractivity contribution >= 4 is 43.2 Å². The van der Waals surface area contributed by atoms with Gasteiger partial charge in [0.05, 0.1) is 22.6 Å². The molecule has 11 rings (SSSR count). The number of fused-ring (bicyclic) bond motifs is 5. The molecule has 0 aliphatic heterocycles. The minimum Gasteiger partial charge on any atom is -0.247 e. The van der Waals surface area contributed by atoms with E-state index in [0.29, 0.717) is 5.82 Å². The number of rotatable bonds is 6. The average Bonchev–Trinajstić information content (AvgIpc) is 3.31. The Morgan fingerprint density at radius 1 is 0.241 bits per heavy atom. The van der Waals surface area contributed by atoms with Crippen molar-refractivity contribution in [1.82, 2.24) is 15.0 Å². The molecule has 0 fully saturated rings. The SMILES string of the molecule is c1ccc(-c2cc(-c3ccc(-c4cc(-c5ccc6ccccc6c5)nc5c4cc(-c4ccc6ccccc6c4)c4ccccc45)cc3)nc(-c3ccccc3)n2)cc1. The zero-order chi connectivity index (χ0) is 38.4. The van der Waals surface area contributed by atoms with Gasteiger partial charge in [-0.3, -0.25) is 0 Å². The molecule has 0 unspecified atom stereocenters. The van der Waals surface area contributed by atoms with E-state index in [1.54, 1.807) is 0 Å². The van der Waals surface area contributed by atoms with Crippen LogP contribution in [-0.2, 0) is 0 Å². The van der Waals surface area contributed by atoms with Gasteiger partial charge in [-0.15, -0.1) is 0 Å². The summed E-state index contributed by atoms with van der Waals surface area (Å²) in [5.74, 6) is 0.703. The third kappa shape index (κ3) is 6.07. The summed E-state index contributed by atoms with van der Waals surface area (Å²) in [5.41, 5.74) is 12.5. The van der Waals surface area contributed by atoms with E-state index in [1.807, 2.05) is 36.4 Å². The fraction of sp³-hybridized carbons (Fsp3) is 0. The van der Waals surface area contributed by atoms with Crippen LogP contribution in [0.1, 0.15) is 0 Å². The molecule has 0 aliphatic carbocycles. The second-order valence-electron chi connectivity index (χ2n) is 14.8. The lowest BCUT2D eigenvalue weighted by Gasteiger charge is -2.16. The maximum absolute atomic E-state index is 5.48. The topological polar surface area (TPSA) is 38.7 Å². The van der Waals surface area contributed by atoms with Gasteiger partial charge in [0.1, 0.15) is 0 Å². The van der Waals surface area contributed by atoms with Crippen molar-refractivity contribution in [2.45, 2.75) is 0 Å². The zero-order valence-corrected chi connectivity index (χ0v) is 31.5. The van der Waals surface area contributed by atoms with Gasteiger partial charge in [0, 0.05) is 33.0 Å². The van der Waals surface area contributed by atoms with E-state index < -0.39 is 0 Å². The first-order chi connectivity index (χ1) is 28.7. The number of aromatic nitrogens is 3. The van der Waals surface area contributed by atoms with E-state index in [9.17, 15) is 0 Å². The molecule has 2 aromatic heterocycles. The summed E-state index contributed by atoms with van der Waals surface area (Å²) in [4.78, 5) is 15.6. The molecule has 2 heterocycles. The van der Waals surface area contributed by atoms with Crippen LogP contribution >= 0.6 is 0 Å². The highest BCUT2D eigenvalue weighted by molar-refractivity contribution is 6.16. The third-order valence-corrected chi connectivity index (χ3v) is 11.2. The largest absolute Gasteiger partial charge is 0.247 e. The molecule has 0 bridgehead atoms. The van der Waals surface area contributed by atoms with E-state index in [1.165, 1.54) is 38.1 Å². The molecule has 3 nitrogen and oxygen atoms in total. The Balaban J connectivity index is 1.12. The first-order valence-corrected chi connectivity index (χ1v) is 19.7. The standard InChI is InChI=1S/C55H35N3/c1-3-15-39(16-4-1)52-35-53(58-55(57-52)41-17-5-2-6-18-41)40-27-25-38(26-28-40)49-34-51(45-30-24-37-14-8-10-20-43(37)32-45)56-54-47-22-12-11-21-46(47)48(33-50(49)54)44-29-23-36-13-7-9-19-42(36)31-44/h1-35H. The molecular weight excluding hydrogens is 703 g/mol. The van der Waals surface area contributed by atoms with Crippen molar-refractivity contribution in [2.24, 2.45) is 0 Å². The van der Waals surface area contributed by atoms with Crippen molar-refractivity contribution in [1.29, 1.82) is 0 Å². The lowest BCUT2D eigenvalue weighted by atomic mass is 9.90. The van der Waals surface area contributed by atoms with Crippen LogP contribution in [0.15, 0.2) is 212 Å². The molecule has 0 atom stereocenters. The molecule has 3 heteroatoms. The maximum Gasteiger partial charge on any atom is 0.160 e. The van der Waals surface area contributed by atoms with E-state index in [2.05, 4.69) is 176 Å².